The van der Waals surface area contributed by atoms with Crippen LogP contribution in [0.4, 0.5) is 5.82 Å². The summed E-state index contributed by atoms with van der Waals surface area (Å²) in [6, 6.07) is 1.80. The largest absolute Gasteiger partial charge is 0.377 e. The number of rotatable bonds is 5. The highest BCUT2D eigenvalue weighted by atomic mass is 35.5. The summed E-state index contributed by atoms with van der Waals surface area (Å²) in [7, 11) is 1.57. The van der Waals surface area contributed by atoms with Gasteiger partial charge in [0.2, 0.25) is 5.91 Å². The van der Waals surface area contributed by atoms with Gasteiger partial charge in [-0.15, -0.1) is 0 Å². The van der Waals surface area contributed by atoms with Crippen molar-refractivity contribution >= 4 is 23.3 Å². The van der Waals surface area contributed by atoms with Crippen LogP contribution in [0.3, 0.4) is 0 Å². The Labute approximate surface area is 110 Å². The molecule has 7 heteroatoms. The number of anilines is 1. The zero-order valence-electron chi connectivity index (χ0n) is 10.1. The molecule has 1 aromatic heterocycles. The van der Waals surface area contributed by atoms with Crippen LogP contribution in [0.15, 0.2) is 6.07 Å². The van der Waals surface area contributed by atoms with Crippen molar-refractivity contribution in [2.24, 2.45) is 0 Å². The zero-order valence-corrected chi connectivity index (χ0v) is 10.8. The van der Waals surface area contributed by atoms with Crippen molar-refractivity contribution in [3.8, 4) is 0 Å². The summed E-state index contributed by atoms with van der Waals surface area (Å²) in [6.45, 7) is 0.945. The van der Waals surface area contributed by atoms with Gasteiger partial charge in [0.1, 0.15) is 17.6 Å². The molecule has 0 radical (unpaired) electrons. The number of nitrogens with one attached hydrogen (secondary N) is 2. The molecule has 0 aliphatic carbocycles. The van der Waals surface area contributed by atoms with Gasteiger partial charge in [0.25, 0.3) is 0 Å². The summed E-state index contributed by atoms with van der Waals surface area (Å²) < 4.78 is 4.96. The van der Waals surface area contributed by atoms with Gasteiger partial charge in [0, 0.05) is 32.2 Å². The topological polar surface area (TPSA) is 76.1 Å². The number of hydrogen-bond donors (Lipinski definition) is 2. The van der Waals surface area contributed by atoms with Crippen LogP contribution in [0.1, 0.15) is 18.7 Å². The van der Waals surface area contributed by atoms with E-state index in [1.165, 1.54) is 0 Å². The second kappa shape index (κ2) is 5.97. The molecule has 1 fully saturated rings. The van der Waals surface area contributed by atoms with Crippen LogP contribution in [0, 0.1) is 0 Å². The highest BCUT2D eigenvalue weighted by Crippen LogP contribution is 2.13. The third-order valence-corrected chi connectivity index (χ3v) is 2.82. The quantitative estimate of drug-likeness (QED) is 0.780. The minimum absolute atomic E-state index is 0.0996. The zero-order chi connectivity index (χ0) is 13.0. The third kappa shape index (κ3) is 3.54. The van der Waals surface area contributed by atoms with Gasteiger partial charge in [-0.2, -0.15) is 0 Å². The maximum Gasteiger partial charge on any atom is 0.220 e. The fraction of sp³-hybridized carbons (Fsp3) is 0.545. The van der Waals surface area contributed by atoms with Crippen LogP contribution in [0.25, 0.3) is 0 Å². The van der Waals surface area contributed by atoms with Crippen LogP contribution in [-0.2, 0) is 16.1 Å². The van der Waals surface area contributed by atoms with Gasteiger partial charge in [-0.3, -0.25) is 4.79 Å². The predicted molar refractivity (Wildman–Crippen MR) is 67.4 cm³/mol. The second-order valence-electron chi connectivity index (χ2n) is 4.11. The van der Waals surface area contributed by atoms with Crippen LogP contribution in [0.2, 0.25) is 5.15 Å². The Hall–Kier alpha value is -1.40. The molecule has 1 atom stereocenters. The fourth-order valence-electron chi connectivity index (χ4n) is 1.81. The maximum absolute atomic E-state index is 11.1. The average molecular weight is 271 g/mol. The lowest BCUT2D eigenvalue weighted by molar-refractivity contribution is -0.119. The molecule has 2 rings (SSSR count). The molecule has 0 spiro atoms. The molecule has 1 unspecified atom stereocenters. The van der Waals surface area contributed by atoms with Gasteiger partial charge in [0.05, 0.1) is 0 Å². The summed E-state index contributed by atoms with van der Waals surface area (Å²) in [4.78, 5) is 19.3. The lowest BCUT2D eigenvalue weighted by Gasteiger charge is -2.12. The molecule has 0 bridgehead atoms. The minimum atomic E-state index is 0.0996. The number of carbonyl (C=O) groups excluding carboxylic acids is 1. The van der Waals surface area contributed by atoms with E-state index in [1.54, 1.807) is 13.2 Å². The normalized spacial score (nSPS) is 18.8. The van der Waals surface area contributed by atoms with Crippen molar-refractivity contribution in [2.75, 3.05) is 19.0 Å². The van der Waals surface area contributed by atoms with E-state index in [4.69, 9.17) is 16.3 Å². The third-order valence-electron chi connectivity index (χ3n) is 2.63. The van der Waals surface area contributed by atoms with E-state index >= 15 is 0 Å². The molecule has 2 heterocycles. The van der Waals surface area contributed by atoms with Crippen molar-refractivity contribution in [2.45, 2.75) is 25.5 Å². The Kier molecular flexibility index (Phi) is 4.33. The van der Waals surface area contributed by atoms with Crippen LogP contribution in [0.5, 0.6) is 0 Å². The average Bonchev–Trinajstić information content (AvgIpc) is 2.72. The van der Waals surface area contributed by atoms with E-state index in [2.05, 4.69) is 20.6 Å². The molecular formula is C11H15ClN4O2. The number of nitrogens with zero attached hydrogens (tertiary/aromatic N) is 2. The van der Waals surface area contributed by atoms with E-state index in [-0.39, 0.29) is 11.9 Å². The highest BCUT2D eigenvalue weighted by molar-refractivity contribution is 6.29. The monoisotopic (exact) mass is 270 g/mol. The Balaban J connectivity index is 1.94. The Morgan fingerprint density at radius 1 is 1.61 bits per heavy atom. The van der Waals surface area contributed by atoms with Gasteiger partial charge < -0.3 is 15.4 Å². The Morgan fingerprint density at radius 2 is 2.44 bits per heavy atom. The molecule has 98 valence electrons. The van der Waals surface area contributed by atoms with E-state index in [9.17, 15) is 4.79 Å². The van der Waals surface area contributed by atoms with Gasteiger partial charge in [-0.1, -0.05) is 11.6 Å². The molecule has 18 heavy (non-hydrogen) atoms. The summed E-state index contributed by atoms with van der Waals surface area (Å²) in [5.41, 5.74) is 0. The van der Waals surface area contributed by atoms with Crippen molar-refractivity contribution in [3.05, 3.63) is 17.0 Å². The first-order chi connectivity index (χ1) is 8.67. The maximum atomic E-state index is 11.1. The number of ether oxygens (including phenoxy) is 1. The number of halogens is 1. The first-order valence-electron chi connectivity index (χ1n) is 5.73. The van der Waals surface area contributed by atoms with E-state index in [1.807, 2.05) is 0 Å². The minimum Gasteiger partial charge on any atom is -0.377 e. The van der Waals surface area contributed by atoms with E-state index in [0.29, 0.717) is 36.4 Å². The van der Waals surface area contributed by atoms with Gasteiger partial charge in [-0.05, 0) is 6.42 Å². The molecule has 1 aliphatic rings. The van der Waals surface area contributed by atoms with Crippen LogP contribution in [-0.4, -0.2) is 35.6 Å². The van der Waals surface area contributed by atoms with Gasteiger partial charge in [-0.25, -0.2) is 9.97 Å². The smallest absolute Gasteiger partial charge is 0.220 e. The summed E-state index contributed by atoms with van der Waals surface area (Å²) >= 11 is 5.89. The highest BCUT2D eigenvalue weighted by Gasteiger charge is 2.20. The number of aromatic nitrogens is 2. The lowest BCUT2D eigenvalue weighted by Crippen LogP contribution is -2.32. The lowest BCUT2D eigenvalue weighted by atomic mass is 10.2. The van der Waals surface area contributed by atoms with E-state index in [0.717, 1.165) is 6.42 Å². The van der Waals surface area contributed by atoms with Crippen molar-refractivity contribution < 1.29 is 9.53 Å². The molecule has 6 nitrogen and oxygen atoms in total. The summed E-state index contributed by atoms with van der Waals surface area (Å²) in [5, 5.41) is 6.39. The SMILES string of the molecule is COCc1nc(Cl)cc(NCC2CCC(=O)N2)n1. The molecule has 1 aromatic rings. The van der Waals surface area contributed by atoms with Gasteiger partial charge >= 0.3 is 0 Å². The second-order valence-corrected chi connectivity index (χ2v) is 4.50. The molecule has 2 N–H and O–H groups in total. The first kappa shape index (κ1) is 13.0. The Bertz CT molecular complexity index is 441. The summed E-state index contributed by atoms with van der Waals surface area (Å²) in [6.07, 6.45) is 1.43. The van der Waals surface area contributed by atoms with Crippen molar-refractivity contribution in [1.82, 2.24) is 15.3 Å². The number of amides is 1. The predicted octanol–water partition coefficient (Wildman–Crippen LogP) is 0.967. The molecule has 0 saturated carbocycles. The number of carbonyl (C=O) groups is 1. The molecule has 1 saturated heterocycles. The number of hydrogen-bond acceptors (Lipinski definition) is 5. The Morgan fingerprint density at radius 3 is 3.11 bits per heavy atom. The summed E-state index contributed by atoms with van der Waals surface area (Å²) in [5.74, 6) is 1.27. The standard InChI is InChI=1S/C11H15ClN4O2/c1-18-6-10-15-8(12)4-9(16-10)13-5-7-2-3-11(17)14-7/h4,7H,2-3,5-6H2,1H3,(H,14,17)(H,13,15,16). The molecule has 0 aromatic carbocycles. The van der Waals surface area contributed by atoms with Crippen LogP contribution >= 0.6 is 11.6 Å². The van der Waals surface area contributed by atoms with Gasteiger partial charge in [0.15, 0.2) is 5.82 Å². The fourth-order valence-corrected chi connectivity index (χ4v) is 2.01. The number of methoxy groups -OCH3 is 1. The van der Waals surface area contributed by atoms with Crippen molar-refractivity contribution in [1.29, 1.82) is 0 Å². The first-order valence-corrected chi connectivity index (χ1v) is 6.11. The molecular weight excluding hydrogens is 256 g/mol. The van der Waals surface area contributed by atoms with E-state index < -0.39 is 0 Å². The van der Waals surface area contributed by atoms with Crippen LogP contribution < -0.4 is 10.6 Å². The molecule has 1 aliphatic heterocycles. The van der Waals surface area contributed by atoms with Crippen molar-refractivity contribution in [3.63, 3.8) is 0 Å². The molecule has 1 amide bonds.